The Morgan fingerprint density at radius 1 is 0.551 bits per heavy atom. The minimum atomic E-state index is -0.245. The number of aliphatic imine (C=N–C) groups is 1. The molecular formula is C44H29N3O2. The number of aromatic nitrogens is 1. The quantitative estimate of drug-likeness (QED) is 0.196. The maximum absolute atomic E-state index is 6.73. The maximum Gasteiger partial charge on any atom is 0.209 e. The largest absolute Gasteiger partial charge is 0.456 e. The number of nitrogens with one attached hydrogen (secondary N) is 1. The highest BCUT2D eigenvalue weighted by Crippen LogP contribution is 2.46. The van der Waals surface area contributed by atoms with Crippen LogP contribution >= 0.6 is 0 Å². The second-order valence-electron chi connectivity index (χ2n) is 13.4. The van der Waals surface area contributed by atoms with E-state index in [2.05, 4.69) is 151 Å². The van der Waals surface area contributed by atoms with Gasteiger partial charge < -0.3 is 14.2 Å². The Balaban J connectivity index is 1.26. The average Bonchev–Trinajstić information content (AvgIpc) is 3.79. The fourth-order valence-electron chi connectivity index (χ4n) is 8.27. The SMILES string of the molecule is Cc1cc(C)cc(C2NC(n3c4ccccc4c4cc5oc6ccc7ccccc7c6c5cc43)=Nc3c2oc2ccc4ccccc4c32)c1. The first-order valence-electron chi connectivity index (χ1n) is 16.7. The third-order valence-electron chi connectivity index (χ3n) is 10.3. The number of nitrogens with zero attached hydrogens (tertiary/aromatic N) is 2. The van der Waals surface area contributed by atoms with Crippen LogP contribution in [0.15, 0.2) is 141 Å². The number of fused-ring (bicyclic) bond motifs is 13. The van der Waals surface area contributed by atoms with Crippen LogP contribution in [0.25, 0.3) is 76.3 Å². The van der Waals surface area contributed by atoms with E-state index in [0.717, 1.165) is 88.5 Å². The summed E-state index contributed by atoms with van der Waals surface area (Å²) in [6, 6.07) is 45.0. The molecule has 0 radical (unpaired) electrons. The van der Waals surface area contributed by atoms with E-state index in [4.69, 9.17) is 13.8 Å². The van der Waals surface area contributed by atoms with Crippen molar-refractivity contribution in [3.63, 3.8) is 0 Å². The Kier molecular flexibility index (Phi) is 5.24. The van der Waals surface area contributed by atoms with Crippen LogP contribution in [-0.2, 0) is 0 Å². The summed E-state index contributed by atoms with van der Waals surface area (Å²) in [5.74, 6) is 1.59. The first-order chi connectivity index (χ1) is 24.1. The molecule has 0 aliphatic carbocycles. The summed E-state index contributed by atoms with van der Waals surface area (Å²) in [6.07, 6.45) is 0. The summed E-state index contributed by atoms with van der Waals surface area (Å²) in [7, 11) is 0. The zero-order valence-corrected chi connectivity index (χ0v) is 26.9. The number of rotatable bonds is 1. The Bertz CT molecular complexity index is 3040. The van der Waals surface area contributed by atoms with E-state index in [9.17, 15) is 0 Å². The molecule has 1 atom stereocenters. The highest BCUT2D eigenvalue weighted by molar-refractivity contribution is 6.24. The first kappa shape index (κ1) is 26.7. The van der Waals surface area contributed by atoms with Crippen molar-refractivity contribution < 1.29 is 8.83 Å². The summed E-state index contributed by atoms with van der Waals surface area (Å²) in [4.78, 5) is 5.48. The highest BCUT2D eigenvalue weighted by atomic mass is 16.3. The van der Waals surface area contributed by atoms with Crippen molar-refractivity contribution in [2.75, 3.05) is 0 Å². The van der Waals surface area contributed by atoms with Gasteiger partial charge in [0, 0.05) is 21.5 Å². The van der Waals surface area contributed by atoms with Crippen molar-refractivity contribution in [2.24, 2.45) is 4.99 Å². The van der Waals surface area contributed by atoms with Gasteiger partial charge >= 0.3 is 0 Å². The summed E-state index contributed by atoms with van der Waals surface area (Å²) < 4.78 is 15.5. The second-order valence-corrected chi connectivity index (χ2v) is 13.4. The lowest BCUT2D eigenvalue weighted by atomic mass is 9.97. The molecular weight excluding hydrogens is 603 g/mol. The monoisotopic (exact) mass is 631 g/mol. The van der Waals surface area contributed by atoms with Crippen LogP contribution in [0.1, 0.15) is 28.5 Å². The summed E-state index contributed by atoms with van der Waals surface area (Å²) in [5.41, 5.74) is 9.18. The third kappa shape index (κ3) is 3.73. The first-order valence-corrected chi connectivity index (χ1v) is 16.7. The number of hydrogen-bond donors (Lipinski definition) is 1. The minimum Gasteiger partial charge on any atom is -0.456 e. The lowest BCUT2D eigenvalue weighted by molar-refractivity contribution is 0.501. The molecule has 1 unspecified atom stereocenters. The lowest BCUT2D eigenvalue weighted by Crippen LogP contribution is -2.36. The van der Waals surface area contributed by atoms with Crippen LogP contribution in [0, 0.1) is 13.8 Å². The Labute approximate surface area is 280 Å². The number of para-hydroxylation sites is 1. The predicted molar refractivity (Wildman–Crippen MR) is 201 cm³/mol. The molecule has 1 N–H and O–H groups in total. The fourth-order valence-corrected chi connectivity index (χ4v) is 8.27. The molecule has 0 amide bonds. The van der Waals surface area contributed by atoms with Crippen LogP contribution < -0.4 is 5.32 Å². The normalized spacial score (nSPS) is 14.8. The lowest BCUT2D eigenvalue weighted by Gasteiger charge is -2.26. The van der Waals surface area contributed by atoms with Gasteiger partial charge in [-0.3, -0.25) is 4.57 Å². The summed E-state index contributed by atoms with van der Waals surface area (Å²) in [5, 5.41) is 14.1. The standard InChI is InChI=1S/C44H29N3O2/c1-24-19-25(2)21-28(20-24)41-43-42(40-30-12-6-4-10-27(30)16-18-37(40)49-43)46-44(45-41)47-34-14-8-7-13-31(34)32-23-38-33(22-35(32)47)39-29-11-5-3-9-26(29)15-17-36(39)48-38/h3-23,41H,1-2H3,(H,45,46). The van der Waals surface area contributed by atoms with Gasteiger partial charge in [-0.05, 0) is 71.3 Å². The van der Waals surface area contributed by atoms with Crippen LogP contribution in [0.2, 0.25) is 0 Å². The van der Waals surface area contributed by atoms with Crippen LogP contribution in [0.4, 0.5) is 5.69 Å². The summed E-state index contributed by atoms with van der Waals surface area (Å²) >= 11 is 0. The molecule has 232 valence electrons. The van der Waals surface area contributed by atoms with Gasteiger partial charge in [0.15, 0.2) is 5.76 Å². The van der Waals surface area contributed by atoms with E-state index in [1.54, 1.807) is 0 Å². The summed E-state index contributed by atoms with van der Waals surface area (Å²) in [6.45, 7) is 4.30. The topological polar surface area (TPSA) is 55.6 Å². The van der Waals surface area contributed by atoms with E-state index in [-0.39, 0.29) is 6.04 Å². The number of hydrogen-bond acceptors (Lipinski definition) is 4. The van der Waals surface area contributed by atoms with Gasteiger partial charge in [-0.25, -0.2) is 4.99 Å². The molecule has 0 saturated carbocycles. The molecule has 10 aromatic rings. The van der Waals surface area contributed by atoms with Crippen LogP contribution in [0.5, 0.6) is 0 Å². The number of benzene rings is 7. The van der Waals surface area contributed by atoms with Crippen molar-refractivity contribution in [2.45, 2.75) is 19.9 Å². The molecule has 1 aliphatic rings. The van der Waals surface area contributed by atoms with Gasteiger partial charge in [0.05, 0.1) is 16.4 Å². The van der Waals surface area contributed by atoms with Gasteiger partial charge in [0.25, 0.3) is 0 Å². The molecule has 11 rings (SSSR count). The second kappa shape index (κ2) is 9.61. The highest BCUT2D eigenvalue weighted by Gasteiger charge is 2.32. The van der Waals surface area contributed by atoms with Crippen molar-refractivity contribution >= 4 is 87.9 Å². The van der Waals surface area contributed by atoms with Crippen molar-refractivity contribution in [3.05, 3.63) is 150 Å². The molecule has 5 heteroatoms. The van der Waals surface area contributed by atoms with Crippen molar-refractivity contribution in [1.82, 2.24) is 9.88 Å². The smallest absolute Gasteiger partial charge is 0.209 e. The van der Waals surface area contributed by atoms with Gasteiger partial charge in [0.2, 0.25) is 5.96 Å². The molecule has 3 aromatic heterocycles. The van der Waals surface area contributed by atoms with Gasteiger partial charge in [0.1, 0.15) is 28.5 Å². The Morgan fingerprint density at radius 3 is 1.96 bits per heavy atom. The van der Waals surface area contributed by atoms with Crippen LogP contribution in [-0.4, -0.2) is 10.5 Å². The molecule has 0 bridgehead atoms. The Hall–Kier alpha value is -6.33. The van der Waals surface area contributed by atoms with Crippen LogP contribution in [0.3, 0.4) is 0 Å². The number of aryl methyl sites for hydroxylation is 2. The zero-order valence-electron chi connectivity index (χ0n) is 26.9. The Morgan fingerprint density at radius 2 is 1.20 bits per heavy atom. The molecule has 7 aromatic carbocycles. The number of furan rings is 2. The van der Waals surface area contributed by atoms with Crippen molar-refractivity contribution in [3.8, 4) is 0 Å². The maximum atomic E-state index is 6.73. The zero-order chi connectivity index (χ0) is 32.4. The van der Waals surface area contributed by atoms with E-state index in [1.807, 2.05) is 0 Å². The molecule has 1 aliphatic heterocycles. The van der Waals surface area contributed by atoms with E-state index in [0.29, 0.717) is 0 Å². The molecule has 0 saturated heterocycles. The molecule has 49 heavy (non-hydrogen) atoms. The van der Waals surface area contributed by atoms with Gasteiger partial charge in [-0.15, -0.1) is 0 Å². The molecule has 0 fully saturated rings. The molecule has 4 heterocycles. The van der Waals surface area contributed by atoms with Gasteiger partial charge in [-0.1, -0.05) is 108 Å². The average molecular weight is 632 g/mol. The van der Waals surface area contributed by atoms with E-state index in [1.165, 1.54) is 21.9 Å². The third-order valence-corrected chi connectivity index (χ3v) is 10.3. The fraction of sp³-hybridized carbons (Fsp3) is 0.0682. The van der Waals surface area contributed by atoms with Gasteiger partial charge in [-0.2, -0.15) is 0 Å². The van der Waals surface area contributed by atoms with Crippen molar-refractivity contribution in [1.29, 1.82) is 0 Å². The molecule has 0 spiro atoms. The molecule has 5 nitrogen and oxygen atoms in total. The predicted octanol–water partition coefficient (Wildman–Crippen LogP) is 11.6. The van der Waals surface area contributed by atoms with E-state index < -0.39 is 0 Å². The minimum absolute atomic E-state index is 0.245. The van der Waals surface area contributed by atoms with E-state index >= 15 is 0 Å².